The van der Waals surface area contributed by atoms with Gasteiger partial charge >= 0.3 is 0 Å². The number of amides is 1. The van der Waals surface area contributed by atoms with Gasteiger partial charge in [-0.1, -0.05) is 11.6 Å². The summed E-state index contributed by atoms with van der Waals surface area (Å²) in [6.07, 6.45) is 4.91. The van der Waals surface area contributed by atoms with Gasteiger partial charge in [-0.15, -0.1) is 0 Å². The highest BCUT2D eigenvalue weighted by Gasteiger charge is 2.25. The molecule has 2 N–H and O–H groups in total. The van der Waals surface area contributed by atoms with Crippen molar-refractivity contribution in [3.8, 4) is 0 Å². The number of hydrogen-bond acceptors (Lipinski definition) is 3. The highest BCUT2D eigenvalue weighted by atomic mass is 35.5. The smallest absolute Gasteiger partial charge is 0.238 e. The lowest BCUT2D eigenvalue weighted by Gasteiger charge is -2.32. The van der Waals surface area contributed by atoms with Gasteiger partial charge in [-0.2, -0.15) is 0 Å². The van der Waals surface area contributed by atoms with Crippen LogP contribution < -0.4 is 10.6 Å². The molecule has 1 aliphatic carbocycles. The van der Waals surface area contributed by atoms with E-state index in [0.717, 1.165) is 38.4 Å². The fourth-order valence-electron chi connectivity index (χ4n) is 2.93. The largest absolute Gasteiger partial charge is 0.324 e. The average molecular weight is 340 g/mol. The lowest BCUT2D eigenvalue weighted by molar-refractivity contribution is -0.117. The highest BCUT2D eigenvalue weighted by molar-refractivity contribution is 6.33. The Labute approximate surface area is 141 Å². The molecule has 1 heterocycles. The van der Waals surface area contributed by atoms with Crippen molar-refractivity contribution >= 4 is 23.2 Å². The molecule has 1 saturated heterocycles. The first-order valence-corrected chi connectivity index (χ1v) is 8.68. The van der Waals surface area contributed by atoms with Crippen LogP contribution in [-0.4, -0.2) is 43.0 Å². The minimum atomic E-state index is -0.409. The van der Waals surface area contributed by atoms with Crippen LogP contribution in [0.1, 0.15) is 25.7 Å². The zero-order valence-electron chi connectivity index (χ0n) is 13.2. The molecule has 0 bridgehead atoms. The first kappa shape index (κ1) is 16.7. The first-order valence-electron chi connectivity index (χ1n) is 8.31. The molecular weight excluding hydrogens is 317 g/mol. The Bertz CT molecular complexity index is 557. The van der Waals surface area contributed by atoms with E-state index in [1.807, 2.05) is 0 Å². The minimum Gasteiger partial charge on any atom is -0.324 e. The number of benzene rings is 1. The summed E-state index contributed by atoms with van der Waals surface area (Å²) in [4.78, 5) is 14.3. The summed E-state index contributed by atoms with van der Waals surface area (Å²) in [7, 11) is 0. The molecule has 3 rings (SSSR count). The number of nitrogens with one attached hydrogen (secondary N) is 2. The Balaban J connectivity index is 1.40. The molecule has 4 nitrogen and oxygen atoms in total. The van der Waals surface area contributed by atoms with E-state index < -0.39 is 5.82 Å². The van der Waals surface area contributed by atoms with Crippen LogP contribution in [0, 0.1) is 11.7 Å². The quantitative estimate of drug-likeness (QED) is 0.837. The van der Waals surface area contributed by atoms with Gasteiger partial charge in [-0.3, -0.25) is 9.69 Å². The van der Waals surface area contributed by atoms with Crippen molar-refractivity contribution in [1.82, 2.24) is 10.2 Å². The number of nitrogens with zero attached hydrogens (tertiary/aromatic N) is 1. The molecule has 2 fully saturated rings. The van der Waals surface area contributed by atoms with E-state index in [-0.39, 0.29) is 10.9 Å². The van der Waals surface area contributed by atoms with Crippen LogP contribution in [0.15, 0.2) is 18.2 Å². The van der Waals surface area contributed by atoms with Crippen LogP contribution in [0.2, 0.25) is 5.02 Å². The Kier molecular flexibility index (Phi) is 5.51. The lowest BCUT2D eigenvalue weighted by atomic mass is 10.0. The lowest BCUT2D eigenvalue weighted by Crippen LogP contribution is -2.45. The first-order chi connectivity index (χ1) is 11.1. The number of halogens is 2. The summed E-state index contributed by atoms with van der Waals surface area (Å²) in [5.74, 6) is 0.385. The van der Waals surface area contributed by atoms with Crippen molar-refractivity contribution in [2.24, 2.45) is 5.92 Å². The van der Waals surface area contributed by atoms with Gasteiger partial charge in [-0.05, 0) is 56.3 Å². The maximum Gasteiger partial charge on any atom is 0.238 e. The molecule has 6 heteroatoms. The van der Waals surface area contributed by atoms with Crippen molar-refractivity contribution in [2.45, 2.75) is 31.7 Å². The maximum atomic E-state index is 13.0. The number of rotatable bonds is 6. The number of likely N-dealkylation sites (tertiary alicyclic amines) is 1. The summed E-state index contributed by atoms with van der Waals surface area (Å²) >= 11 is 5.92. The number of carbonyl (C=O) groups excluding carboxylic acids is 1. The minimum absolute atomic E-state index is 0.108. The van der Waals surface area contributed by atoms with Gasteiger partial charge in [0, 0.05) is 19.1 Å². The van der Waals surface area contributed by atoms with E-state index >= 15 is 0 Å². The normalized spacial score (nSPS) is 19.7. The number of anilines is 1. The Morgan fingerprint density at radius 2 is 2.00 bits per heavy atom. The van der Waals surface area contributed by atoms with E-state index in [1.165, 1.54) is 31.0 Å². The van der Waals surface area contributed by atoms with Crippen molar-refractivity contribution in [3.05, 3.63) is 29.0 Å². The molecule has 1 aromatic carbocycles. The highest BCUT2D eigenvalue weighted by Crippen LogP contribution is 2.28. The van der Waals surface area contributed by atoms with Gasteiger partial charge in [-0.25, -0.2) is 4.39 Å². The van der Waals surface area contributed by atoms with Crippen LogP contribution in [-0.2, 0) is 4.79 Å². The Morgan fingerprint density at radius 1 is 1.26 bits per heavy atom. The Morgan fingerprint density at radius 3 is 2.65 bits per heavy atom. The van der Waals surface area contributed by atoms with Crippen LogP contribution in [0.5, 0.6) is 0 Å². The molecule has 1 aliphatic heterocycles. The predicted molar refractivity (Wildman–Crippen MR) is 90.2 cm³/mol. The molecule has 0 spiro atoms. The van der Waals surface area contributed by atoms with E-state index in [2.05, 4.69) is 15.5 Å². The maximum absolute atomic E-state index is 13.0. The SMILES string of the molecule is O=C(CN1CCC(NCC2CC2)CC1)Nc1ccc(F)cc1Cl. The average Bonchev–Trinajstić information content (AvgIpc) is 3.34. The van der Waals surface area contributed by atoms with E-state index in [4.69, 9.17) is 11.6 Å². The van der Waals surface area contributed by atoms with Gasteiger partial charge in [0.25, 0.3) is 0 Å². The van der Waals surface area contributed by atoms with E-state index in [0.29, 0.717) is 18.3 Å². The molecule has 1 saturated carbocycles. The standard InChI is InChI=1S/C17H23ClFN3O/c18-15-9-13(19)3-4-16(15)21-17(23)11-22-7-5-14(6-8-22)20-10-12-1-2-12/h3-4,9,12,14,20H,1-2,5-8,10-11H2,(H,21,23). The van der Waals surface area contributed by atoms with Gasteiger partial charge < -0.3 is 10.6 Å². The summed E-state index contributed by atoms with van der Waals surface area (Å²) in [5, 5.41) is 6.60. The fourth-order valence-corrected chi connectivity index (χ4v) is 3.15. The second kappa shape index (κ2) is 7.60. The third kappa shape index (κ3) is 5.16. The second-order valence-electron chi connectivity index (χ2n) is 6.57. The van der Waals surface area contributed by atoms with Crippen LogP contribution in [0.4, 0.5) is 10.1 Å². The molecule has 0 unspecified atom stereocenters. The van der Waals surface area contributed by atoms with Crippen LogP contribution in [0.25, 0.3) is 0 Å². The molecule has 0 radical (unpaired) electrons. The third-order valence-corrected chi connectivity index (χ3v) is 4.86. The predicted octanol–water partition coefficient (Wildman–Crippen LogP) is 2.88. The number of piperidine rings is 1. The molecule has 0 atom stereocenters. The molecule has 1 aromatic rings. The van der Waals surface area contributed by atoms with Crippen LogP contribution in [0.3, 0.4) is 0 Å². The van der Waals surface area contributed by atoms with Crippen molar-refractivity contribution < 1.29 is 9.18 Å². The van der Waals surface area contributed by atoms with Crippen molar-refractivity contribution in [3.63, 3.8) is 0 Å². The monoisotopic (exact) mass is 339 g/mol. The van der Waals surface area contributed by atoms with Crippen molar-refractivity contribution in [1.29, 1.82) is 0 Å². The third-order valence-electron chi connectivity index (χ3n) is 4.55. The summed E-state index contributed by atoms with van der Waals surface area (Å²) in [6, 6.07) is 4.57. The zero-order chi connectivity index (χ0) is 16.2. The molecule has 23 heavy (non-hydrogen) atoms. The summed E-state index contributed by atoms with van der Waals surface area (Å²) in [5.41, 5.74) is 0.457. The molecule has 2 aliphatic rings. The topological polar surface area (TPSA) is 44.4 Å². The van der Waals surface area contributed by atoms with Gasteiger partial charge in [0.15, 0.2) is 0 Å². The summed E-state index contributed by atoms with van der Waals surface area (Å²) in [6.45, 7) is 3.34. The Hall–Kier alpha value is -1.17. The van der Waals surface area contributed by atoms with Gasteiger partial charge in [0.1, 0.15) is 5.82 Å². The number of carbonyl (C=O) groups is 1. The summed E-state index contributed by atoms with van der Waals surface area (Å²) < 4.78 is 13.0. The van der Waals surface area contributed by atoms with Gasteiger partial charge in [0.05, 0.1) is 17.3 Å². The van der Waals surface area contributed by atoms with E-state index in [1.54, 1.807) is 0 Å². The van der Waals surface area contributed by atoms with Gasteiger partial charge in [0.2, 0.25) is 5.91 Å². The number of hydrogen-bond donors (Lipinski definition) is 2. The van der Waals surface area contributed by atoms with E-state index in [9.17, 15) is 9.18 Å². The molecule has 126 valence electrons. The van der Waals surface area contributed by atoms with Crippen LogP contribution >= 0.6 is 11.6 Å². The molecular formula is C17H23ClFN3O. The fraction of sp³-hybridized carbons (Fsp3) is 0.588. The van der Waals surface area contributed by atoms with Crippen molar-refractivity contribution in [2.75, 3.05) is 31.5 Å². The second-order valence-corrected chi connectivity index (χ2v) is 6.98. The zero-order valence-corrected chi connectivity index (χ0v) is 13.9. The molecule has 0 aromatic heterocycles. The molecule has 1 amide bonds.